The van der Waals surface area contributed by atoms with Gasteiger partial charge in [0.05, 0.1) is 11.3 Å². The van der Waals surface area contributed by atoms with Crippen LogP contribution in [0.15, 0.2) is 35.3 Å². The maximum Gasteiger partial charge on any atom is 0.255 e. The lowest BCUT2D eigenvalue weighted by Crippen LogP contribution is -2.42. The topological polar surface area (TPSA) is 88.2 Å². The summed E-state index contributed by atoms with van der Waals surface area (Å²) in [7, 11) is 0. The third-order valence-corrected chi connectivity index (χ3v) is 3.82. The van der Waals surface area contributed by atoms with Gasteiger partial charge >= 0.3 is 0 Å². The Balaban J connectivity index is 1.55. The smallest absolute Gasteiger partial charge is 0.255 e. The van der Waals surface area contributed by atoms with Crippen molar-refractivity contribution < 1.29 is 9.53 Å². The van der Waals surface area contributed by atoms with E-state index in [0.717, 1.165) is 18.5 Å². The molecule has 0 aliphatic carbocycles. The van der Waals surface area contributed by atoms with Gasteiger partial charge in [-0.3, -0.25) is 9.59 Å². The van der Waals surface area contributed by atoms with Crippen molar-refractivity contribution in [2.45, 2.75) is 25.9 Å². The highest BCUT2D eigenvalue weighted by molar-refractivity contribution is 5.93. The number of carbonyl (C=O) groups is 1. The van der Waals surface area contributed by atoms with E-state index in [9.17, 15) is 9.59 Å². The fourth-order valence-electron chi connectivity index (χ4n) is 2.52. The Hall–Kier alpha value is -2.70. The van der Waals surface area contributed by atoms with E-state index in [1.54, 1.807) is 17.0 Å². The first-order chi connectivity index (χ1) is 11.1. The van der Waals surface area contributed by atoms with Gasteiger partial charge in [-0.1, -0.05) is 0 Å². The molecule has 7 heteroatoms. The molecule has 2 aromatic heterocycles. The van der Waals surface area contributed by atoms with E-state index in [-0.39, 0.29) is 17.6 Å². The van der Waals surface area contributed by atoms with Crippen LogP contribution in [-0.2, 0) is 0 Å². The fourth-order valence-corrected chi connectivity index (χ4v) is 2.52. The molecule has 2 aromatic rings. The number of H-pyrrole nitrogens is 1. The zero-order chi connectivity index (χ0) is 16.2. The number of aromatic nitrogens is 3. The summed E-state index contributed by atoms with van der Waals surface area (Å²) in [5.41, 5.74) is 1.12. The van der Waals surface area contributed by atoms with E-state index in [0.29, 0.717) is 24.5 Å². The van der Waals surface area contributed by atoms with E-state index in [2.05, 4.69) is 15.2 Å². The second-order valence-corrected chi connectivity index (χ2v) is 5.56. The summed E-state index contributed by atoms with van der Waals surface area (Å²) < 4.78 is 5.80. The van der Waals surface area contributed by atoms with Crippen LogP contribution < -0.4 is 10.3 Å². The number of pyridine rings is 1. The number of piperidine rings is 1. The lowest BCUT2D eigenvalue weighted by atomic mass is 10.1. The Morgan fingerprint density at radius 3 is 2.61 bits per heavy atom. The van der Waals surface area contributed by atoms with Crippen LogP contribution in [0.2, 0.25) is 0 Å². The first-order valence-corrected chi connectivity index (χ1v) is 7.57. The van der Waals surface area contributed by atoms with Crippen molar-refractivity contribution in [1.29, 1.82) is 0 Å². The number of hydrogen-bond acceptors (Lipinski definition) is 5. The number of aromatic amines is 1. The zero-order valence-electron chi connectivity index (χ0n) is 12.9. The highest BCUT2D eigenvalue weighted by Crippen LogP contribution is 2.18. The maximum absolute atomic E-state index is 12.4. The summed E-state index contributed by atoms with van der Waals surface area (Å²) in [5, 5.41) is 7.96. The van der Waals surface area contributed by atoms with Crippen molar-refractivity contribution in [1.82, 2.24) is 20.1 Å². The van der Waals surface area contributed by atoms with Crippen LogP contribution in [0.1, 0.15) is 28.9 Å². The minimum absolute atomic E-state index is 0.0339. The van der Waals surface area contributed by atoms with E-state index in [4.69, 9.17) is 4.74 Å². The molecule has 1 aliphatic rings. The number of nitrogens with zero attached hydrogens (tertiary/aromatic N) is 3. The number of amides is 1. The number of carbonyl (C=O) groups excluding carboxylic acids is 1. The quantitative estimate of drug-likeness (QED) is 0.918. The second-order valence-electron chi connectivity index (χ2n) is 5.56. The minimum Gasteiger partial charge on any atom is -0.473 e. The van der Waals surface area contributed by atoms with Crippen molar-refractivity contribution >= 4 is 5.91 Å². The number of aryl methyl sites for hydroxylation is 1. The van der Waals surface area contributed by atoms with Gasteiger partial charge in [-0.2, -0.15) is 5.10 Å². The molecule has 0 radical (unpaired) electrons. The molecular weight excluding hydrogens is 296 g/mol. The summed E-state index contributed by atoms with van der Waals surface area (Å²) in [6.07, 6.45) is 2.97. The fraction of sp³-hybridized carbons (Fsp3) is 0.375. The van der Waals surface area contributed by atoms with Crippen LogP contribution in [0, 0.1) is 6.92 Å². The number of ether oxygens (including phenoxy) is 1. The molecule has 0 unspecified atom stereocenters. The number of likely N-dealkylation sites (tertiary alicyclic amines) is 1. The lowest BCUT2D eigenvalue weighted by Gasteiger charge is -2.31. The largest absolute Gasteiger partial charge is 0.473 e. The number of hydrogen-bond donors (Lipinski definition) is 1. The van der Waals surface area contributed by atoms with Crippen LogP contribution >= 0.6 is 0 Å². The SMILES string of the molecule is Cc1ccc(OC2CCN(C(=O)c3ccc(=O)[nH]c3)CC2)nn1. The molecule has 1 N–H and O–H groups in total. The van der Waals surface area contributed by atoms with Gasteiger partial charge < -0.3 is 14.6 Å². The molecular formula is C16H18N4O3. The molecule has 0 atom stereocenters. The Morgan fingerprint density at radius 1 is 1.22 bits per heavy atom. The Bertz CT molecular complexity index is 713. The summed E-state index contributed by atoms with van der Waals surface area (Å²) in [6.45, 7) is 3.10. The molecule has 23 heavy (non-hydrogen) atoms. The van der Waals surface area contributed by atoms with Gasteiger partial charge in [-0.25, -0.2) is 0 Å². The molecule has 1 amide bonds. The molecule has 7 nitrogen and oxygen atoms in total. The van der Waals surface area contributed by atoms with Crippen LogP contribution in [0.5, 0.6) is 5.88 Å². The van der Waals surface area contributed by atoms with Crippen molar-refractivity contribution in [2.24, 2.45) is 0 Å². The molecule has 3 rings (SSSR count). The summed E-state index contributed by atoms with van der Waals surface area (Å²) >= 11 is 0. The van der Waals surface area contributed by atoms with Crippen LogP contribution in [0.3, 0.4) is 0 Å². The molecule has 1 aliphatic heterocycles. The first kappa shape index (κ1) is 15.2. The van der Waals surface area contributed by atoms with Gasteiger partial charge in [0.15, 0.2) is 0 Å². The molecule has 0 saturated carbocycles. The van der Waals surface area contributed by atoms with E-state index in [1.807, 2.05) is 13.0 Å². The lowest BCUT2D eigenvalue weighted by molar-refractivity contribution is 0.0585. The standard InChI is InChI=1S/C16H18N4O3/c1-11-2-5-15(19-18-11)23-13-6-8-20(9-7-13)16(22)12-3-4-14(21)17-10-12/h2-5,10,13H,6-9H2,1H3,(H,17,21). The third-order valence-electron chi connectivity index (χ3n) is 3.82. The average molecular weight is 314 g/mol. The van der Waals surface area contributed by atoms with E-state index >= 15 is 0 Å². The number of nitrogens with one attached hydrogen (secondary N) is 1. The highest BCUT2D eigenvalue weighted by Gasteiger charge is 2.25. The molecule has 120 valence electrons. The summed E-state index contributed by atoms with van der Waals surface area (Å²) in [5.74, 6) is 0.441. The van der Waals surface area contributed by atoms with Crippen molar-refractivity contribution in [3.05, 3.63) is 52.1 Å². The van der Waals surface area contributed by atoms with E-state index < -0.39 is 0 Å². The number of rotatable bonds is 3. The normalized spacial score (nSPS) is 15.4. The molecule has 1 fully saturated rings. The Morgan fingerprint density at radius 2 is 2.00 bits per heavy atom. The first-order valence-electron chi connectivity index (χ1n) is 7.57. The molecule has 1 saturated heterocycles. The predicted octanol–water partition coefficient (Wildman–Crippen LogP) is 1.16. The van der Waals surface area contributed by atoms with Crippen molar-refractivity contribution in [2.75, 3.05) is 13.1 Å². The van der Waals surface area contributed by atoms with Crippen LogP contribution in [0.4, 0.5) is 0 Å². The molecule has 0 aromatic carbocycles. The predicted molar refractivity (Wildman–Crippen MR) is 83.4 cm³/mol. The average Bonchev–Trinajstić information content (AvgIpc) is 2.58. The minimum atomic E-state index is -0.215. The third kappa shape index (κ3) is 3.74. The molecule has 3 heterocycles. The van der Waals surface area contributed by atoms with Gasteiger partial charge in [-0.05, 0) is 19.1 Å². The van der Waals surface area contributed by atoms with Gasteiger partial charge in [0, 0.05) is 44.3 Å². The van der Waals surface area contributed by atoms with Crippen LogP contribution in [0.25, 0.3) is 0 Å². The Kier molecular flexibility index (Phi) is 4.36. The summed E-state index contributed by atoms with van der Waals surface area (Å²) in [4.78, 5) is 27.7. The van der Waals surface area contributed by atoms with Gasteiger partial charge in [0.2, 0.25) is 11.4 Å². The maximum atomic E-state index is 12.4. The van der Waals surface area contributed by atoms with Gasteiger partial charge in [-0.15, -0.1) is 5.10 Å². The van der Waals surface area contributed by atoms with Gasteiger partial charge in [0.25, 0.3) is 5.91 Å². The molecule has 0 bridgehead atoms. The highest BCUT2D eigenvalue weighted by atomic mass is 16.5. The monoisotopic (exact) mass is 314 g/mol. The van der Waals surface area contributed by atoms with Gasteiger partial charge in [0.1, 0.15) is 6.10 Å². The van der Waals surface area contributed by atoms with Crippen LogP contribution in [-0.4, -0.2) is 45.2 Å². The second kappa shape index (κ2) is 6.60. The zero-order valence-corrected chi connectivity index (χ0v) is 12.9. The Labute approximate surface area is 133 Å². The van der Waals surface area contributed by atoms with E-state index in [1.165, 1.54) is 12.3 Å². The molecule has 0 spiro atoms. The van der Waals surface area contributed by atoms with Crippen molar-refractivity contribution in [3.63, 3.8) is 0 Å². The van der Waals surface area contributed by atoms with Crippen molar-refractivity contribution in [3.8, 4) is 5.88 Å². The summed E-state index contributed by atoms with van der Waals surface area (Å²) in [6, 6.07) is 6.57.